The highest BCUT2D eigenvalue weighted by Gasteiger charge is 2.40. The van der Waals surface area contributed by atoms with Crippen molar-refractivity contribution in [3.05, 3.63) is 46.6 Å². The van der Waals surface area contributed by atoms with E-state index in [2.05, 4.69) is 4.98 Å². The average Bonchev–Trinajstić information content (AvgIpc) is 2.77. The lowest BCUT2D eigenvalue weighted by Crippen LogP contribution is -2.24. The van der Waals surface area contributed by atoms with E-state index in [1.54, 1.807) is 6.92 Å². The third kappa shape index (κ3) is 2.58. The maximum Gasteiger partial charge on any atom is 0.416 e. The Morgan fingerprint density at radius 2 is 1.96 bits per heavy atom. The fraction of sp³-hybridized carbons (Fsp3) is 0.250. The minimum atomic E-state index is -4.51. The molecule has 24 heavy (non-hydrogen) atoms. The molecular weight excluding hydrogens is 345 g/mol. The molecule has 0 saturated carbocycles. The van der Waals surface area contributed by atoms with Gasteiger partial charge in [-0.1, -0.05) is 17.7 Å². The number of carbonyl (C=O) groups excluding carboxylic acids is 1. The highest BCUT2D eigenvalue weighted by Crippen LogP contribution is 2.46. The monoisotopic (exact) mass is 356 g/mol. The van der Waals surface area contributed by atoms with Gasteiger partial charge in [-0.2, -0.15) is 13.2 Å². The van der Waals surface area contributed by atoms with Crippen LogP contribution in [-0.2, 0) is 11.0 Å². The molecule has 0 spiro atoms. The predicted octanol–water partition coefficient (Wildman–Crippen LogP) is 4.54. The molecule has 1 aromatic carbocycles. The lowest BCUT2D eigenvalue weighted by Gasteiger charge is -2.20. The number of alkyl halides is 3. The summed E-state index contributed by atoms with van der Waals surface area (Å²) in [6.45, 7) is 1.63. The molecule has 0 fully saturated rings. The molecule has 4 nitrogen and oxygen atoms in total. The van der Waals surface area contributed by atoms with Crippen LogP contribution in [0.1, 0.15) is 24.0 Å². The first-order valence-corrected chi connectivity index (χ1v) is 7.37. The second kappa shape index (κ2) is 5.66. The Balaban J connectivity index is 2.22. The number of nitrogens with zero attached hydrogens (tertiary/aromatic N) is 2. The Hall–Kier alpha value is -2.28. The third-order valence-corrected chi connectivity index (χ3v) is 4.10. The van der Waals surface area contributed by atoms with Gasteiger partial charge < -0.3 is 4.74 Å². The van der Waals surface area contributed by atoms with Crippen molar-refractivity contribution in [2.45, 2.75) is 19.0 Å². The van der Waals surface area contributed by atoms with E-state index >= 15 is 0 Å². The average molecular weight is 357 g/mol. The highest BCUT2D eigenvalue weighted by atomic mass is 35.5. The van der Waals surface area contributed by atoms with Crippen molar-refractivity contribution in [3.8, 4) is 5.75 Å². The van der Waals surface area contributed by atoms with Crippen molar-refractivity contribution in [3.63, 3.8) is 0 Å². The number of methoxy groups -OCH3 is 1. The predicted molar refractivity (Wildman–Crippen MR) is 82.8 cm³/mol. The molecule has 1 amide bonds. The minimum Gasteiger partial charge on any atom is -0.493 e. The molecule has 2 aromatic rings. The van der Waals surface area contributed by atoms with Gasteiger partial charge in [0.25, 0.3) is 0 Å². The molecule has 1 aliphatic rings. The normalized spacial score (nSPS) is 17.2. The number of fused-ring (bicyclic) bond motifs is 1. The van der Waals surface area contributed by atoms with Crippen molar-refractivity contribution in [1.29, 1.82) is 0 Å². The summed E-state index contributed by atoms with van der Waals surface area (Å²) in [7, 11) is 1.38. The molecular formula is C16H12ClF3N2O2. The van der Waals surface area contributed by atoms with E-state index in [-0.39, 0.29) is 22.4 Å². The van der Waals surface area contributed by atoms with Gasteiger partial charge in [-0.25, -0.2) is 4.98 Å². The summed E-state index contributed by atoms with van der Waals surface area (Å²) in [5.74, 6) is -0.671. The second-order valence-electron chi connectivity index (χ2n) is 5.33. The lowest BCUT2D eigenvalue weighted by molar-refractivity contribution is -0.137. The van der Waals surface area contributed by atoms with Crippen LogP contribution in [-0.4, -0.2) is 18.0 Å². The summed E-state index contributed by atoms with van der Waals surface area (Å²) in [4.78, 5) is 17.8. The standard InChI is InChI=1S/C16H12ClF3N2O2/c1-8-10-4-3-9(16(18,19)20)7-11(10)22(15(8)23)14-12(24-2)5-6-13(17)21-14/h3-8H,1-2H3. The van der Waals surface area contributed by atoms with Crippen molar-refractivity contribution >= 4 is 29.0 Å². The van der Waals surface area contributed by atoms with Gasteiger partial charge in [0.05, 0.1) is 24.3 Å². The van der Waals surface area contributed by atoms with Gasteiger partial charge in [-0.3, -0.25) is 9.69 Å². The van der Waals surface area contributed by atoms with Crippen molar-refractivity contribution in [2.75, 3.05) is 12.0 Å². The number of aromatic nitrogens is 1. The molecule has 2 heterocycles. The van der Waals surface area contributed by atoms with Gasteiger partial charge in [-0.15, -0.1) is 0 Å². The van der Waals surface area contributed by atoms with E-state index in [1.165, 1.54) is 25.3 Å². The van der Waals surface area contributed by atoms with Gasteiger partial charge in [0.2, 0.25) is 5.91 Å². The number of hydrogen-bond donors (Lipinski definition) is 0. The fourth-order valence-corrected chi connectivity index (χ4v) is 2.82. The van der Waals surface area contributed by atoms with Crippen molar-refractivity contribution < 1.29 is 22.7 Å². The molecule has 3 rings (SSSR count). The molecule has 126 valence electrons. The summed E-state index contributed by atoms with van der Waals surface area (Å²) < 4.78 is 44.2. The van der Waals surface area contributed by atoms with Crippen molar-refractivity contribution in [2.24, 2.45) is 0 Å². The second-order valence-corrected chi connectivity index (χ2v) is 5.71. The fourth-order valence-electron chi connectivity index (χ4n) is 2.68. The number of benzene rings is 1. The van der Waals surface area contributed by atoms with E-state index < -0.39 is 23.6 Å². The van der Waals surface area contributed by atoms with Crippen LogP contribution in [0.5, 0.6) is 5.75 Å². The molecule has 0 saturated heterocycles. The van der Waals surface area contributed by atoms with E-state index in [9.17, 15) is 18.0 Å². The van der Waals surface area contributed by atoms with Gasteiger partial charge >= 0.3 is 6.18 Å². The first-order valence-electron chi connectivity index (χ1n) is 6.99. The topological polar surface area (TPSA) is 42.4 Å². The van der Waals surface area contributed by atoms with E-state index in [0.717, 1.165) is 17.0 Å². The zero-order valence-electron chi connectivity index (χ0n) is 12.7. The molecule has 1 aromatic heterocycles. The zero-order valence-corrected chi connectivity index (χ0v) is 13.4. The molecule has 0 radical (unpaired) electrons. The SMILES string of the molecule is COc1ccc(Cl)nc1N1C(=O)C(C)c2ccc(C(F)(F)F)cc21. The maximum absolute atomic E-state index is 13.0. The lowest BCUT2D eigenvalue weighted by atomic mass is 10.0. The first kappa shape index (κ1) is 16.6. The number of anilines is 2. The maximum atomic E-state index is 13.0. The molecule has 8 heteroatoms. The summed E-state index contributed by atoms with van der Waals surface area (Å²) in [6.07, 6.45) is -4.51. The van der Waals surface area contributed by atoms with E-state index in [0.29, 0.717) is 5.56 Å². The van der Waals surface area contributed by atoms with Crippen LogP contribution in [0, 0.1) is 0 Å². The van der Waals surface area contributed by atoms with Crippen LogP contribution in [0.25, 0.3) is 0 Å². The van der Waals surface area contributed by atoms with Crippen LogP contribution in [0.15, 0.2) is 30.3 Å². The smallest absolute Gasteiger partial charge is 0.416 e. The number of amides is 1. The first-order chi connectivity index (χ1) is 11.2. The van der Waals surface area contributed by atoms with E-state index in [1.807, 2.05) is 0 Å². The number of hydrogen-bond acceptors (Lipinski definition) is 3. The Labute approximate surface area is 140 Å². The van der Waals surface area contributed by atoms with Gasteiger partial charge in [0.15, 0.2) is 11.6 Å². The van der Waals surface area contributed by atoms with Crippen LogP contribution < -0.4 is 9.64 Å². The number of halogens is 4. The Morgan fingerprint density at radius 3 is 2.58 bits per heavy atom. The molecule has 0 N–H and O–H groups in total. The van der Waals surface area contributed by atoms with Gasteiger partial charge in [0, 0.05) is 0 Å². The summed E-state index contributed by atoms with van der Waals surface area (Å²) in [5.41, 5.74) is -0.207. The Bertz CT molecular complexity index is 823. The molecule has 1 aliphatic heterocycles. The molecule has 1 unspecified atom stereocenters. The molecule has 0 aliphatic carbocycles. The summed E-state index contributed by atoms with van der Waals surface area (Å²) in [6, 6.07) is 6.21. The quantitative estimate of drug-likeness (QED) is 0.742. The number of rotatable bonds is 2. The largest absolute Gasteiger partial charge is 0.493 e. The van der Waals surface area contributed by atoms with E-state index in [4.69, 9.17) is 16.3 Å². The third-order valence-electron chi connectivity index (χ3n) is 3.89. The summed E-state index contributed by atoms with van der Waals surface area (Å²) >= 11 is 5.88. The van der Waals surface area contributed by atoms with Gasteiger partial charge in [0.1, 0.15) is 5.15 Å². The van der Waals surface area contributed by atoms with Crippen molar-refractivity contribution in [1.82, 2.24) is 4.98 Å². The molecule has 0 bridgehead atoms. The van der Waals surface area contributed by atoms with Crippen LogP contribution in [0.4, 0.5) is 24.7 Å². The summed E-state index contributed by atoms with van der Waals surface area (Å²) in [5, 5.41) is 0.103. The minimum absolute atomic E-state index is 0.0694. The number of carbonyl (C=O) groups is 1. The Morgan fingerprint density at radius 1 is 1.25 bits per heavy atom. The number of pyridine rings is 1. The van der Waals surface area contributed by atoms with Gasteiger partial charge in [-0.05, 0) is 36.8 Å². The number of ether oxygens (including phenoxy) is 1. The van der Waals surface area contributed by atoms with Crippen LogP contribution >= 0.6 is 11.6 Å². The Kier molecular flexibility index (Phi) is 3.91. The molecule has 1 atom stereocenters. The van der Waals surface area contributed by atoms with Crippen LogP contribution in [0.3, 0.4) is 0 Å². The van der Waals surface area contributed by atoms with Crippen LogP contribution in [0.2, 0.25) is 5.15 Å². The zero-order chi connectivity index (χ0) is 17.6. The highest BCUT2D eigenvalue weighted by molar-refractivity contribution is 6.29.